The molecule has 82 valence electrons. The fraction of sp³-hybridized carbons (Fsp3) is 0. The summed E-state index contributed by atoms with van der Waals surface area (Å²) >= 11 is 6.20. The van der Waals surface area contributed by atoms with E-state index in [1.807, 2.05) is 48.7 Å². The molecule has 0 atom stereocenters. The topological polar surface area (TPSA) is 3.88 Å². The minimum atomic E-state index is 0.785. The van der Waals surface area contributed by atoms with E-state index in [0.29, 0.717) is 0 Å². The Balaban J connectivity index is 2.35. The van der Waals surface area contributed by atoms with Crippen molar-refractivity contribution >= 4 is 22.5 Å². The first-order valence-corrected chi connectivity index (χ1v) is 5.88. The van der Waals surface area contributed by atoms with Crippen LogP contribution < -0.4 is 4.57 Å². The molecule has 0 aliphatic heterocycles. The van der Waals surface area contributed by atoms with E-state index in [-0.39, 0.29) is 0 Å². The minimum Gasteiger partial charge on any atom is -0.160 e. The average molecular weight is 241 g/mol. The Kier molecular flexibility index (Phi) is 2.54. The Morgan fingerprint density at radius 2 is 1.47 bits per heavy atom. The number of para-hydroxylation sites is 2. The summed E-state index contributed by atoms with van der Waals surface area (Å²) in [5.74, 6) is 0. The summed E-state index contributed by atoms with van der Waals surface area (Å²) in [5, 5.41) is 1.85. The lowest BCUT2D eigenvalue weighted by molar-refractivity contribution is -0.567. The van der Waals surface area contributed by atoms with Crippen LogP contribution in [-0.4, -0.2) is 0 Å². The van der Waals surface area contributed by atoms with Crippen LogP contribution in [0.3, 0.4) is 0 Å². The first-order valence-electron chi connectivity index (χ1n) is 5.50. The summed E-state index contributed by atoms with van der Waals surface area (Å²) in [5.41, 5.74) is 2.26. The van der Waals surface area contributed by atoms with E-state index >= 15 is 0 Å². The Morgan fingerprint density at radius 1 is 0.765 bits per heavy atom. The molecule has 1 aromatic heterocycles. The van der Waals surface area contributed by atoms with Gasteiger partial charge in [0.05, 0.1) is 10.4 Å². The second-order valence-electron chi connectivity index (χ2n) is 3.89. The van der Waals surface area contributed by atoms with Crippen molar-refractivity contribution in [1.82, 2.24) is 0 Å². The van der Waals surface area contributed by atoms with Gasteiger partial charge >= 0.3 is 0 Å². The van der Waals surface area contributed by atoms with Crippen LogP contribution in [0.1, 0.15) is 0 Å². The van der Waals surface area contributed by atoms with Crippen LogP contribution in [0.2, 0.25) is 5.02 Å². The summed E-state index contributed by atoms with van der Waals surface area (Å²) in [7, 11) is 0. The molecule has 17 heavy (non-hydrogen) atoms. The minimum absolute atomic E-state index is 0.785. The second-order valence-corrected chi connectivity index (χ2v) is 4.29. The standard InChI is InChI=1S/C15H11ClN/c16-14-10-11-17(12-6-2-1-3-7-12)15-9-5-4-8-13(14)15/h1-11H/q+1. The monoisotopic (exact) mass is 240 g/mol. The SMILES string of the molecule is Clc1cc[n+](-c2ccccc2)c2ccccc12. The largest absolute Gasteiger partial charge is 0.219 e. The Labute approximate surface area is 105 Å². The fourth-order valence-corrected chi connectivity index (χ4v) is 2.23. The first kappa shape index (κ1) is 10.3. The zero-order valence-electron chi connectivity index (χ0n) is 9.18. The zero-order valence-corrected chi connectivity index (χ0v) is 9.93. The molecule has 0 saturated heterocycles. The number of hydrogen-bond donors (Lipinski definition) is 0. The van der Waals surface area contributed by atoms with Crippen molar-refractivity contribution in [2.24, 2.45) is 0 Å². The number of halogens is 1. The van der Waals surface area contributed by atoms with Gasteiger partial charge in [-0.15, -0.1) is 0 Å². The maximum atomic E-state index is 6.20. The predicted octanol–water partition coefficient (Wildman–Crippen LogP) is 3.77. The van der Waals surface area contributed by atoms with E-state index in [1.54, 1.807) is 0 Å². The summed E-state index contributed by atoms with van der Waals surface area (Å²) in [6.45, 7) is 0. The number of hydrogen-bond acceptors (Lipinski definition) is 0. The maximum Gasteiger partial charge on any atom is 0.219 e. The smallest absolute Gasteiger partial charge is 0.160 e. The van der Waals surface area contributed by atoms with E-state index in [2.05, 4.69) is 22.8 Å². The van der Waals surface area contributed by atoms with Crippen LogP contribution in [0.25, 0.3) is 16.6 Å². The molecule has 0 bridgehead atoms. The third-order valence-electron chi connectivity index (χ3n) is 2.83. The predicted molar refractivity (Wildman–Crippen MR) is 70.5 cm³/mol. The lowest BCUT2D eigenvalue weighted by Gasteiger charge is -2.01. The third kappa shape index (κ3) is 1.79. The van der Waals surface area contributed by atoms with E-state index in [4.69, 9.17) is 11.6 Å². The molecule has 2 aromatic carbocycles. The fourth-order valence-electron chi connectivity index (χ4n) is 2.01. The molecule has 0 spiro atoms. The van der Waals surface area contributed by atoms with Gasteiger partial charge in [0, 0.05) is 24.3 Å². The van der Waals surface area contributed by atoms with Crippen molar-refractivity contribution in [2.75, 3.05) is 0 Å². The van der Waals surface area contributed by atoms with Gasteiger partial charge in [-0.1, -0.05) is 41.9 Å². The highest BCUT2D eigenvalue weighted by atomic mass is 35.5. The quantitative estimate of drug-likeness (QED) is 0.570. The van der Waals surface area contributed by atoms with Crippen molar-refractivity contribution in [2.45, 2.75) is 0 Å². The summed E-state index contributed by atoms with van der Waals surface area (Å²) in [6.07, 6.45) is 2.00. The molecular weight excluding hydrogens is 230 g/mol. The van der Waals surface area contributed by atoms with Crippen LogP contribution >= 0.6 is 11.6 Å². The van der Waals surface area contributed by atoms with Crippen LogP contribution in [0, 0.1) is 0 Å². The number of fused-ring (bicyclic) bond motifs is 1. The van der Waals surface area contributed by atoms with Crippen molar-refractivity contribution < 1.29 is 4.57 Å². The molecule has 0 aliphatic rings. The van der Waals surface area contributed by atoms with Gasteiger partial charge in [0.1, 0.15) is 0 Å². The lowest BCUT2D eigenvalue weighted by atomic mass is 10.2. The van der Waals surface area contributed by atoms with E-state index in [1.165, 1.54) is 0 Å². The molecule has 0 saturated carbocycles. The van der Waals surface area contributed by atoms with Crippen molar-refractivity contribution in [3.8, 4) is 5.69 Å². The van der Waals surface area contributed by atoms with Crippen molar-refractivity contribution in [3.63, 3.8) is 0 Å². The molecule has 0 aliphatic carbocycles. The highest BCUT2D eigenvalue weighted by Gasteiger charge is 2.12. The molecule has 1 heterocycles. The van der Waals surface area contributed by atoms with Gasteiger partial charge in [-0.3, -0.25) is 0 Å². The molecule has 0 amide bonds. The van der Waals surface area contributed by atoms with Gasteiger partial charge in [0.2, 0.25) is 11.2 Å². The number of rotatable bonds is 1. The van der Waals surface area contributed by atoms with Crippen LogP contribution in [0.5, 0.6) is 0 Å². The number of aromatic nitrogens is 1. The average Bonchev–Trinajstić information content (AvgIpc) is 2.41. The molecular formula is C15H11ClN+. The van der Waals surface area contributed by atoms with Gasteiger partial charge in [-0.2, -0.15) is 4.57 Å². The molecule has 2 heteroatoms. The third-order valence-corrected chi connectivity index (χ3v) is 3.15. The Hall–Kier alpha value is -1.86. The van der Waals surface area contributed by atoms with E-state index < -0.39 is 0 Å². The van der Waals surface area contributed by atoms with Gasteiger partial charge < -0.3 is 0 Å². The first-order chi connectivity index (χ1) is 8.36. The summed E-state index contributed by atoms with van der Waals surface area (Å²) in [6, 6.07) is 20.3. The zero-order chi connectivity index (χ0) is 11.7. The number of benzene rings is 2. The normalized spacial score (nSPS) is 10.6. The van der Waals surface area contributed by atoms with Gasteiger partial charge in [0.25, 0.3) is 0 Å². The van der Waals surface area contributed by atoms with Crippen molar-refractivity contribution in [1.29, 1.82) is 0 Å². The maximum absolute atomic E-state index is 6.20. The van der Waals surface area contributed by atoms with Crippen molar-refractivity contribution in [3.05, 3.63) is 71.9 Å². The van der Waals surface area contributed by atoms with E-state index in [9.17, 15) is 0 Å². The molecule has 0 radical (unpaired) electrons. The second kappa shape index (κ2) is 4.19. The van der Waals surface area contributed by atoms with Gasteiger partial charge in [-0.05, 0) is 6.07 Å². The van der Waals surface area contributed by atoms with Crippen LogP contribution in [0.4, 0.5) is 0 Å². The number of pyridine rings is 1. The number of nitrogens with zero attached hydrogens (tertiary/aromatic N) is 1. The molecule has 3 rings (SSSR count). The highest BCUT2D eigenvalue weighted by Crippen LogP contribution is 2.20. The highest BCUT2D eigenvalue weighted by molar-refractivity contribution is 6.35. The van der Waals surface area contributed by atoms with Gasteiger partial charge in [-0.25, -0.2) is 0 Å². The summed E-state index contributed by atoms with van der Waals surface area (Å²) < 4.78 is 2.14. The Bertz CT molecular complexity index is 662. The Morgan fingerprint density at radius 3 is 2.29 bits per heavy atom. The van der Waals surface area contributed by atoms with Crippen LogP contribution in [0.15, 0.2) is 66.9 Å². The van der Waals surface area contributed by atoms with Gasteiger partial charge in [0.15, 0.2) is 6.20 Å². The molecule has 1 nitrogen and oxygen atoms in total. The van der Waals surface area contributed by atoms with Crippen LogP contribution in [-0.2, 0) is 0 Å². The molecule has 3 aromatic rings. The molecule has 0 fully saturated rings. The van der Waals surface area contributed by atoms with E-state index in [0.717, 1.165) is 21.6 Å². The summed E-state index contributed by atoms with van der Waals surface area (Å²) in [4.78, 5) is 0. The molecule has 0 unspecified atom stereocenters. The molecule has 0 N–H and O–H groups in total. The lowest BCUT2D eigenvalue weighted by Crippen LogP contribution is -2.30.